The molecule has 0 aromatic heterocycles. The summed E-state index contributed by atoms with van der Waals surface area (Å²) in [6, 6.07) is 21.0. The van der Waals surface area contributed by atoms with Gasteiger partial charge in [0.15, 0.2) is 6.10 Å². The lowest BCUT2D eigenvalue weighted by Crippen LogP contribution is -2.69. The molecule has 0 bridgehead atoms. The van der Waals surface area contributed by atoms with Crippen molar-refractivity contribution >= 4 is 42.4 Å². The Kier molecular flexibility index (Phi) is 15.0. The van der Waals surface area contributed by atoms with Crippen LogP contribution < -0.4 is 10.4 Å². The molecule has 8 heteroatoms. The highest BCUT2D eigenvalue weighted by molar-refractivity contribution is 7.98. The standard InChI is InChI=1S/C40H56O6SSi/c1-11-29(4)34-24-22-30(5)37(46-48(40(7,8)9,32-18-14-12-15-19-32)33-20-16-13-17-21-33)38(45-36(41)26-28(2)3)35(43-27-47-10)25-23-31(6)39(42)44-34/h11-23,28,34-35,37-38H,24-27H2,1-10H3/b29-11-,30-22+,31-23-/t34-,35?,37-,38-/m1/s1. The fourth-order valence-corrected chi connectivity index (χ4v) is 11.2. The number of hydrogen-bond acceptors (Lipinski definition) is 7. The number of hydrogen-bond donors (Lipinski definition) is 0. The summed E-state index contributed by atoms with van der Waals surface area (Å²) < 4.78 is 26.8. The van der Waals surface area contributed by atoms with Gasteiger partial charge in [-0.2, -0.15) is 0 Å². The predicted molar refractivity (Wildman–Crippen MR) is 201 cm³/mol. The van der Waals surface area contributed by atoms with E-state index in [0.717, 1.165) is 21.5 Å². The largest absolute Gasteiger partial charge is 0.456 e. The Labute approximate surface area is 294 Å². The summed E-state index contributed by atoms with van der Waals surface area (Å²) in [6.45, 7) is 18.5. The van der Waals surface area contributed by atoms with Crippen LogP contribution in [0.5, 0.6) is 0 Å². The summed E-state index contributed by atoms with van der Waals surface area (Å²) in [6.07, 6.45) is 6.45. The molecule has 0 saturated heterocycles. The van der Waals surface area contributed by atoms with Gasteiger partial charge in [0.2, 0.25) is 0 Å². The zero-order valence-corrected chi connectivity index (χ0v) is 32.4. The molecule has 0 saturated carbocycles. The first-order valence-electron chi connectivity index (χ1n) is 17.0. The topological polar surface area (TPSA) is 71.1 Å². The van der Waals surface area contributed by atoms with Crippen LogP contribution in [0.3, 0.4) is 0 Å². The van der Waals surface area contributed by atoms with Crippen molar-refractivity contribution in [3.63, 3.8) is 0 Å². The van der Waals surface area contributed by atoms with Crippen LogP contribution in [0, 0.1) is 5.92 Å². The van der Waals surface area contributed by atoms with Crippen LogP contribution in [0.1, 0.15) is 81.6 Å². The van der Waals surface area contributed by atoms with Crippen LogP contribution in [0.4, 0.5) is 0 Å². The number of cyclic esters (lactones) is 1. The Morgan fingerprint density at radius 1 is 1.00 bits per heavy atom. The van der Waals surface area contributed by atoms with Crippen LogP contribution in [-0.4, -0.2) is 56.9 Å². The summed E-state index contributed by atoms with van der Waals surface area (Å²) >= 11 is 1.55. The van der Waals surface area contributed by atoms with Crippen molar-refractivity contribution in [2.24, 2.45) is 5.92 Å². The Balaban J connectivity index is 2.38. The van der Waals surface area contributed by atoms with Gasteiger partial charge in [-0.05, 0) is 72.8 Å². The molecule has 1 aliphatic heterocycles. The van der Waals surface area contributed by atoms with Gasteiger partial charge >= 0.3 is 11.9 Å². The van der Waals surface area contributed by atoms with E-state index in [1.165, 1.54) is 0 Å². The van der Waals surface area contributed by atoms with E-state index in [2.05, 4.69) is 75.4 Å². The van der Waals surface area contributed by atoms with E-state index in [1.807, 2.05) is 65.2 Å². The molecule has 0 aliphatic carbocycles. The van der Waals surface area contributed by atoms with Crippen LogP contribution in [0.15, 0.2) is 95.6 Å². The molecule has 4 atom stereocenters. The van der Waals surface area contributed by atoms with Crippen molar-refractivity contribution < 1.29 is 28.2 Å². The predicted octanol–water partition coefficient (Wildman–Crippen LogP) is 8.16. The number of carbonyl (C=O) groups excluding carboxylic acids is 2. The molecule has 6 nitrogen and oxygen atoms in total. The lowest BCUT2D eigenvalue weighted by atomic mass is 9.95. The second-order valence-electron chi connectivity index (χ2n) is 14.1. The Morgan fingerprint density at radius 3 is 2.08 bits per heavy atom. The lowest BCUT2D eigenvalue weighted by molar-refractivity contribution is -0.164. The molecule has 1 aliphatic rings. The molecule has 0 fully saturated rings. The van der Waals surface area contributed by atoms with E-state index in [1.54, 1.807) is 18.7 Å². The summed E-state index contributed by atoms with van der Waals surface area (Å²) in [5.74, 6) is -0.169. The number of thioether (sulfide) groups is 1. The summed E-state index contributed by atoms with van der Waals surface area (Å²) in [5, 5.41) is 1.94. The van der Waals surface area contributed by atoms with Crippen molar-refractivity contribution in [1.82, 2.24) is 0 Å². The molecule has 2 aromatic carbocycles. The maximum atomic E-state index is 13.6. The van der Waals surface area contributed by atoms with E-state index >= 15 is 0 Å². The first-order valence-corrected chi connectivity index (χ1v) is 20.3. The Bertz CT molecular complexity index is 1390. The fourth-order valence-electron chi connectivity index (χ4n) is 6.14. The molecule has 0 spiro atoms. The van der Waals surface area contributed by atoms with Gasteiger partial charge in [-0.3, -0.25) is 4.79 Å². The van der Waals surface area contributed by atoms with Gasteiger partial charge in [0.25, 0.3) is 8.32 Å². The highest BCUT2D eigenvalue weighted by atomic mass is 32.2. The summed E-state index contributed by atoms with van der Waals surface area (Å²) in [5.41, 5.74) is 2.34. The van der Waals surface area contributed by atoms with Gasteiger partial charge < -0.3 is 18.6 Å². The Hall–Kier alpha value is -2.91. The minimum absolute atomic E-state index is 0.114. The number of rotatable bonds is 11. The minimum Gasteiger partial charge on any atom is -0.456 e. The third kappa shape index (κ3) is 10.1. The number of carbonyl (C=O) groups is 2. The van der Waals surface area contributed by atoms with Gasteiger partial charge in [0.05, 0.1) is 5.94 Å². The molecule has 0 radical (unpaired) electrons. The maximum Gasteiger partial charge on any atom is 0.333 e. The number of esters is 2. The van der Waals surface area contributed by atoms with Crippen molar-refractivity contribution in [3.8, 4) is 0 Å². The second kappa shape index (κ2) is 18.2. The average molecular weight is 693 g/mol. The zero-order valence-electron chi connectivity index (χ0n) is 30.6. The quantitative estimate of drug-likeness (QED) is 0.102. The van der Waals surface area contributed by atoms with Gasteiger partial charge in [-0.25, -0.2) is 4.79 Å². The molecular formula is C40H56O6SSi. The molecule has 2 aromatic rings. The average Bonchev–Trinajstić information content (AvgIpc) is 3.05. The third-order valence-electron chi connectivity index (χ3n) is 8.92. The van der Waals surface area contributed by atoms with Crippen LogP contribution >= 0.6 is 11.8 Å². The molecular weight excluding hydrogens is 637 g/mol. The van der Waals surface area contributed by atoms with Crippen molar-refractivity contribution in [2.45, 2.75) is 111 Å². The zero-order chi connectivity index (χ0) is 35.5. The van der Waals surface area contributed by atoms with Crippen molar-refractivity contribution in [2.75, 3.05) is 12.2 Å². The number of ether oxygens (including phenoxy) is 3. The summed E-state index contributed by atoms with van der Waals surface area (Å²) in [7, 11) is -3.13. The van der Waals surface area contributed by atoms with Crippen LogP contribution in [-0.2, 0) is 28.2 Å². The van der Waals surface area contributed by atoms with Crippen molar-refractivity contribution in [1.29, 1.82) is 0 Å². The summed E-state index contributed by atoms with van der Waals surface area (Å²) in [4.78, 5) is 26.9. The second-order valence-corrected chi connectivity index (χ2v) is 19.2. The molecule has 1 heterocycles. The normalized spacial score (nSPS) is 24.0. The van der Waals surface area contributed by atoms with E-state index in [4.69, 9.17) is 18.6 Å². The number of benzene rings is 2. The molecule has 0 N–H and O–H groups in total. The Morgan fingerprint density at radius 2 is 1.58 bits per heavy atom. The van der Waals surface area contributed by atoms with Gasteiger partial charge in [-0.15, -0.1) is 11.8 Å². The maximum absolute atomic E-state index is 13.6. The molecule has 48 heavy (non-hydrogen) atoms. The van der Waals surface area contributed by atoms with Crippen molar-refractivity contribution in [3.05, 3.63) is 95.6 Å². The molecule has 3 rings (SSSR count). The lowest BCUT2D eigenvalue weighted by Gasteiger charge is -2.47. The first kappa shape index (κ1) is 39.5. The van der Waals surface area contributed by atoms with Gasteiger partial charge in [0.1, 0.15) is 18.3 Å². The highest BCUT2D eigenvalue weighted by Gasteiger charge is 2.53. The minimum atomic E-state index is -3.13. The van der Waals surface area contributed by atoms with Crippen LogP contribution in [0.25, 0.3) is 0 Å². The van der Waals surface area contributed by atoms with E-state index < -0.39 is 32.7 Å². The van der Waals surface area contributed by atoms with E-state index in [-0.39, 0.29) is 29.3 Å². The number of allylic oxidation sites excluding steroid dienone is 1. The highest BCUT2D eigenvalue weighted by Crippen LogP contribution is 2.40. The van der Waals surface area contributed by atoms with Crippen LogP contribution in [0.2, 0.25) is 5.04 Å². The third-order valence-corrected chi connectivity index (χ3v) is 14.3. The molecule has 262 valence electrons. The first-order chi connectivity index (χ1) is 22.7. The monoisotopic (exact) mass is 692 g/mol. The van der Waals surface area contributed by atoms with Gasteiger partial charge in [-0.1, -0.05) is 114 Å². The molecule has 1 unspecified atom stereocenters. The molecule has 0 amide bonds. The SMILES string of the molecule is C/C=C(/C)[C@H]1C/C=C(\C)[C@@H](O[Si](c2ccccc2)(c2ccccc2)C(C)(C)C)[C@H](OC(=O)CC(C)C)C(OCSC)C/C=C(/C)C(=O)O1. The van der Waals surface area contributed by atoms with E-state index in [9.17, 15) is 9.59 Å². The fraction of sp³-hybridized carbons (Fsp3) is 0.500. The smallest absolute Gasteiger partial charge is 0.333 e. The van der Waals surface area contributed by atoms with Gasteiger partial charge in [0, 0.05) is 18.4 Å². The van der Waals surface area contributed by atoms with E-state index in [0.29, 0.717) is 24.4 Å².